The van der Waals surface area contributed by atoms with Gasteiger partial charge < -0.3 is 25.8 Å². The molecule has 1 atom stereocenters. The minimum absolute atomic E-state index is 0.205. The second-order valence-corrected chi connectivity index (χ2v) is 11.1. The topological polar surface area (TPSA) is 57.8 Å². The zero-order valence-corrected chi connectivity index (χ0v) is 23.3. The lowest BCUT2D eigenvalue weighted by molar-refractivity contribution is 0.110. The number of nitrogens with zero attached hydrogens (tertiary/aromatic N) is 2. The van der Waals surface area contributed by atoms with E-state index in [1.165, 1.54) is 6.08 Å². The van der Waals surface area contributed by atoms with E-state index in [1.54, 1.807) is 11.0 Å². The van der Waals surface area contributed by atoms with Gasteiger partial charge in [0.2, 0.25) is 0 Å². The molecule has 0 bridgehead atoms. The van der Waals surface area contributed by atoms with Crippen molar-refractivity contribution < 1.29 is 18.7 Å². The summed E-state index contributed by atoms with van der Waals surface area (Å²) in [6.45, 7) is 4.40. The van der Waals surface area contributed by atoms with Gasteiger partial charge in [-0.05, 0) is 79.5 Å². The number of allylic oxidation sites excluding steroid dienone is 4. The van der Waals surface area contributed by atoms with Gasteiger partial charge in [0.1, 0.15) is 23.4 Å². The van der Waals surface area contributed by atoms with E-state index in [4.69, 9.17) is 21.1 Å². The molecule has 1 aromatic heterocycles. The van der Waals surface area contributed by atoms with Crippen molar-refractivity contribution in [1.82, 2.24) is 14.8 Å². The number of aromatic nitrogens is 1. The number of rotatable bonds is 7. The summed E-state index contributed by atoms with van der Waals surface area (Å²) < 4.78 is 25.4. The molecule has 6 nitrogen and oxygen atoms in total. The molecule has 1 N–H and O–H groups in total. The largest absolute Gasteiger partial charge is 0.494 e. The molecule has 1 fully saturated rings. The zero-order valence-electron chi connectivity index (χ0n) is 22.5. The predicted octanol–water partition coefficient (Wildman–Crippen LogP) is 7.51. The predicted molar refractivity (Wildman–Crippen MR) is 155 cm³/mol. The Balaban J connectivity index is 1.25. The number of fused-ring (bicyclic) bond motifs is 3. The van der Waals surface area contributed by atoms with Crippen molar-refractivity contribution in [2.24, 2.45) is 0 Å². The van der Waals surface area contributed by atoms with Crippen molar-refractivity contribution >= 4 is 28.6 Å². The monoisotopic (exact) mass is 562 g/mol. The first kappa shape index (κ1) is 26.9. The highest BCUT2D eigenvalue weighted by atomic mass is 35.5. The van der Waals surface area contributed by atoms with Gasteiger partial charge in [0.25, 0.3) is 0 Å². The lowest BCUT2D eigenvalue weighted by Crippen LogP contribution is -2.41. The van der Waals surface area contributed by atoms with Crippen molar-refractivity contribution in [2.45, 2.75) is 44.6 Å². The lowest BCUT2D eigenvalue weighted by Gasteiger charge is -2.35. The van der Waals surface area contributed by atoms with E-state index in [0.29, 0.717) is 36.8 Å². The molecule has 1 saturated heterocycles. The van der Waals surface area contributed by atoms with Gasteiger partial charge in [-0.15, -0.1) is 0 Å². The third-order valence-electron chi connectivity index (χ3n) is 7.96. The van der Waals surface area contributed by atoms with Gasteiger partial charge in [-0.2, -0.15) is 12.8 Å². The summed E-state index contributed by atoms with van der Waals surface area (Å²) in [7, 11) is 0. The van der Waals surface area contributed by atoms with Gasteiger partial charge in [0.05, 0.1) is 6.61 Å². The molecule has 0 saturated carbocycles. The van der Waals surface area contributed by atoms with Gasteiger partial charge in [-0.25, -0.2) is 9.18 Å². The number of nitrogens with one attached hydrogen (secondary N) is 1. The highest BCUT2D eigenvalue weighted by molar-refractivity contribution is 6.31. The van der Waals surface area contributed by atoms with E-state index < -0.39 is 12.1 Å². The molecule has 1 unspecified atom stereocenters. The summed E-state index contributed by atoms with van der Waals surface area (Å²) in [6, 6.07) is 13.4. The third-order valence-corrected chi connectivity index (χ3v) is 8.20. The molecule has 1 amide bonds. The smallest absolute Gasteiger partial charge is 0.415 e. The third kappa shape index (κ3) is 5.91. The van der Waals surface area contributed by atoms with Crippen LogP contribution < -0.4 is 4.74 Å². The summed E-state index contributed by atoms with van der Waals surface area (Å²) >= 11 is 6.34. The van der Waals surface area contributed by atoms with Crippen LogP contribution in [0.4, 0.5) is 9.18 Å². The van der Waals surface area contributed by atoms with E-state index in [0.717, 1.165) is 72.4 Å². The van der Waals surface area contributed by atoms with Crippen molar-refractivity contribution in [2.75, 3.05) is 32.8 Å². The Hall–Kier alpha value is -3.29. The number of hydrogen-bond acceptors (Lipinski definition) is 4. The van der Waals surface area contributed by atoms with E-state index in [9.17, 15) is 9.18 Å². The molecule has 40 heavy (non-hydrogen) atoms. The molecule has 8 heteroatoms. The molecular weight excluding hydrogens is 529 g/mol. The Morgan fingerprint density at radius 1 is 1.07 bits per heavy atom. The van der Waals surface area contributed by atoms with Crippen LogP contribution in [0.2, 0.25) is 5.02 Å². The van der Waals surface area contributed by atoms with Crippen LogP contribution in [0, 0.1) is 6.42 Å². The van der Waals surface area contributed by atoms with Crippen molar-refractivity contribution in [1.29, 1.82) is 0 Å². The van der Waals surface area contributed by atoms with E-state index in [2.05, 4.69) is 16.3 Å². The molecular formula is C32H34ClFN3O3-. The van der Waals surface area contributed by atoms with Gasteiger partial charge in [-0.3, -0.25) is 4.90 Å². The Morgan fingerprint density at radius 3 is 2.77 bits per heavy atom. The first-order chi connectivity index (χ1) is 19.5. The number of ether oxygens (including phenoxy) is 2. The minimum Gasteiger partial charge on any atom is -0.494 e. The summed E-state index contributed by atoms with van der Waals surface area (Å²) in [5.74, 6) is 1.05. The second kappa shape index (κ2) is 12.1. The number of carbonyl (C=O) groups is 1. The summed E-state index contributed by atoms with van der Waals surface area (Å²) in [5, 5.41) is 1.74. The number of likely N-dealkylation sites (tertiary alicyclic amines) is 1. The van der Waals surface area contributed by atoms with Gasteiger partial charge >= 0.3 is 6.09 Å². The van der Waals surface area contributed by atoms with Crippen LogP contribution in [0.15, 0.2) is 66.2 Å². The van der Waals surface area contributed by atoms with Crippen LogP contribution >= 0.6 is 11.6 Å². The normalized spacial score (nSPS) is 19.6. The molecule has 3 aromatic rings. The molecule has 2 aliphatic heterocycles. The first-order valence-electron chi connectivity index (χ1n) is 14.2. The fraction of sp³-hybridized carbons (Fsp3) is 0.375. The van der Waals surface area contributed by atoms with Crippen LogP contribution in [-0.2, 0) is 11.2 Å². The summed E-state index contributed by atoms with van der Waals surface area (Å²) in [6.07, 6.45) is 9.38. The maximum Gasteiger partial charge on any atom is 0.415 e. The molecule has 1 aliphatic carbocycles. The molecule has 3 aliphatic rings. The van der Waals surface area contributed by atoms with Crippen molar-refractivity contribution in [3.63, 3.8) is 0 Å². The maximum atomic E-state index is 13.5. The van der Waals surface area contributed by atoms with Crippen LogP contribution in [0.3, 0.4) is 0 Å². The quantitative estimate of drug-likeness (QED) is 0.239. The highest BCUT2D eigenvalue weighted by Gasteiger charge is 2.36. The van der Waals surface area contributed by atoms with Gasteiger partial charge in [0.15, 0.2) is 0 Å². The maximum absolute atomic E-state index is 13.5. The average Bonchev–Trinajstić information content (AvgIpc) is 3.34. The number of carbonyl (C=O) groups excluding carboxylic acids is 1. The van der Waals surface area contributed by atoms with Crippen LogP contribution in [0.5, 0.6) is 5.75 Å². The fourth-order valence-electron chi connectivity index (χ4n) is 5.93. The number of hydrogen-bond donors (Lipinski definition) is 1. The molecule has 3 heterocycles. The van der Waals surface area contributed by atoms with Gasteiger partial charge in [0, 0.05) is 47.6 Å². The van der Waals surface area contributed by atoms with Crippen molar-refractivity contribution in [3.8, 4) is 5.75 Å². The highest BCUT2D eigenvalue weighted by Crippen LogP contribution is 2.40. The zero-order chi connectivity index (χ0) is 27.5. The lowest BCUT2D eigenvalue weighted by atomic mass is 9.92. The Morgan fingerprint density at radius 2 is 1.95 bits per heavy atom. The standard InChI is InChI=1S/C32H34ClFN3O3/c33-23-8-13-29-28(21-23)27-14-18-37(32(38)40-25-11-9-24(34)10-12-25)31(30(27)35-29)22-6-4-7-26(20-22)39-19-5-17-36-15-2-1-3-16-36/h1,4,6-9,11,13,20-21,31,35H,2-3,5,10,12,14-19H2/q-1. The average molecular weight is 563 g/mol. The van der Waals surface area contributed by atoms with E-state index in [1.807, 2.05) is 42.5 Å². The van der Waals surface area contributed by atoms with Gasteiger partial charge in [-0.1, -0.05) is 23.7 Å². The molecule has 2 aromatic carbocycles. The van der Waals surface area contributed by atoms with Crippen molar-refractivity contribution in [3.05, 3.63) is 94.5 Å². The Bertz CT molecular complexity index is 1440. The number of aromatic amines is 1. The first-order valence-corrected chi connectivity index (χ1v) is 14.5. The Labute approximate surface area is 239 Å². The Kier molecular flexibility index (Phi) is 8.12. The number of amides is 1. The number of benzene rings is 2. The van der Waals surface area contributed by atoms with Crippen LogP contribution in [-0.4, -0.2) is 53.7 Å². The number of halogens is 2. The summed E-state index contributed by atoms with van der Waals surface area (Å²) in [4.78, 5) is 21.3. The van der Waals surface area contributed by atoms with Crippen LogP contribution in [0.1, 0.15) is 55.0 Å². The molecule has 0 spiro atoms. The minimum atomic E-state index is -0.445. The molecule has 6 rings (SSSR count). The number of piperidine rings is 1. The number of H-pyrrole nitrogens is 1. The fourth-order valence-corrected chi connectivity index (χ4v) is 6.10. The van der Waals surface area contributed by atoms with Crippen LogP contribution in [0.25, 0.3) is 10.9 Å². The van der Waals surface area contributed by atoms with E-state index in [-0.39, 0.29) is 12.2 Å². The molecule has 210 valence electrons. The molecule has 0 radical (unpaired) electrons. The second-order valence-electron chi connectivity index (χ2n) is 10.6. The SMILES string of the molecule is O=C(OC1=CC=C(F)CC1)N1CCc2c([nH]c3ccc(Cl)cc23)C1c1cccc(OCCCN2CC[CH-]CC2)c1. The van der Waals surface area contributed by atoms with E-state index >= 15 is 0 Å². The summed E-state index contributed by atoms with van der Waals surface area (Å²) in [5.41, 5.74) is 4.01.